The van der Waals surface area contributed by atoms with E-state index in [1.54, 1.807) is 0 Å². The van der Waals surface area contributed by atoms with Gasteiger partial charge < -0.3 is 0 Å². The molecule has 1 aliphatic heterocycles. The molecule has 1 nitrogen and oxygen atoms in total. The SMILES string of the molecule is CC1CSCCN1CCCCBr. The van der Waals surface area contributed by atoms with Gasteiger partial charge in [0, 0.05) is 29.4 Å². The van der Waals surface area contributed by atoms with Crippen molar-refractivity contribution in [2.45, 2.75) is 25.8 Å². The molecule has 0 bridgehead atoms. The summed E-state index contributed by atoms with van der Waals surface area (Å²) in [6.45, 7) is 4.95. The number of unbranched alkanes of at least 4 members (excludes halogenated alkanes) is 1. The number of halogens is 1. The first-order valence-electron chi connectivity index (χ1n) is 4.72. The van der Waals surface area contributed by atoms with E-state index in [-0.39, 0.29) is 0 Å². The number of hydrogen-bond acceptors (Lipinski definition) is 2. The summed E-state index contributed by atoms with van der Waals surface area (Å²) in [4.78, 5) is 2.62. The third kappa shape index (κ3) is 3.67. The van der Waals surface area contributed by atoms with Crippen LogP contribution < -0.4 is 0 Å². The summed E-state index contributed by atoms with van der Waals surface area (Å²) in [5.41, 5.74) is 0. The van der Waals surface area contributed by atoms with Crippen molar-refractivity contribution in [3.63, 3.8) is 0 Å². The molecule has 1 fully saturated rings. The Labute approximate surface area is 88.4 Å². The fraction of sp³-hybridized carbons (Fsp3) is 1.00. The third-order valence-corrected chi connectivity index (χ3v) is 4.08. The lowest BCUT2D eigenvalue weighted by Crippen LogP contribution is -2.40. The first kappa shape index (κ1) is 10.9. The van der Waals surface area contributed by atoms with Crippen molar-refractivity contribution in [2.24, 2.45) is 0 Å². The Kier molecular flexibility index (Phi) is 5.68. The van der Waals surface area contributed by atoms with Crippen LogP contribution in [0.4, 0.5) is 0 Å². The minimum absolute atomic E-state index is 0.805. The van der Waals surface area contributed by atoms with Crippen LogP contribution in [0.25, 0.3) is 0 Å². The molecule has 1 rings (SSSR count). The van der Waals surface area contributed by atoms with Crippen molar-refractivity contribution in [3.8, 4) is 0 Å². The van der Waals surface area contributed by atoms with Crippen LogP contribution >= 0.6 is 27.7 Å². The van der Waals surface area contributed by atoms with Crippen LogP contribution in [0, 0.1) is 0 Å². The Bertz CT molecular complexity index is 121. The van der Waals surface area contributed by atoms with Gasteiger partial charge in [-0.1, -0.05) is 15.9 Å². The molecule has 0 saturated carbocycles. The van der Waals surface area contributed by atoms with Crippen molar-refractivity contribution in [2.75, 3.05) is 29.9 Å². The molecule has 0 aromatic heterocycles. The van der Waals surface area contributed by atoms with Gasteiger partial charge >= 0.3 is 0 Å². The lowest BCUT2D eigenvalue weighted by Gasteiger charge is -2.32. The summed E-state index contributed by atoms with van der Waals surface area (Å²) in [7, 11) is 0. The minimum atomic E-state index is 0.805. The quantitative estimate of drug-likeness (QED) is 0.559. The monoisotopic (exact) mass is 251 g/mol. The molecule has 1 aliphatic rings. The molecular weight excluding hydrogens is 234 g/mol. The second-order valence-electron chi connectivity index (χ2n) is 3.36. The molecule has 0 aliphatic carbocycles. The van der Waals surface area contributed by atoms with Crippen LogP contribution in [-0.4, -0.2) is 40.9 Å². The fourth-order valence-electron chi connectivity index (χ4n) is 1.50. The molecule has 0 aromatic rings. The molecule has 1 atom stereocenters. The Balaban J connectivity index is 2.11. The van der Waals surface area contributed by atoms with Crippen molar-refractivity contribution in [1.29, 1.82) is 0 Å². The van der Waals surface area contributed by atoms with E-state index in [1.807, 2.05) is 0 Å². The highest BCUT2D eigenvalue weighted by Gasteiger charge is 2.17. The van der Waals surface area contributed by atoms with Crippen molar-refractivity contribution >= 4 is 27.7 Å². The number of rotatable bonds is 4. The van der Waals surface area contributed by atoms with Crippen LogP contribution in [0.15, 0.2) is 0 Å². The number of hydrogen-bond donors (Lipinski definition) is 0. The van der Waals surface area contributed by atoms with E-state index in [9.17, 15) is 0 Å². The highest BCUT2D eigenvalue weighted by Crippen LogP contribution is 2.16. The average Bonchev–Trinajstić information content (AvgIpc) is 2.09. The smallest absolute Gasteiger partial charge is 0.0158 e. The number of thioether (sulfide) groups is 1. The maximum Gasteiger partial charge on any atom is 0.0158 e. The molecule has 1 saturated heterocycles. The van der Waals surface area contributed by atoms with E-state index in [4.69, 9.17) is 0 Å². The summed E-state index contributed by atoms with van der Waals surface area (Å²) >= 11 is 5.56. The summed E-state index contributed by atoms with van der Waals surface area (Å²) in [5.74, 6) is 2.66. The van der Waals surface area contributed by atoms with E-state index < -0.39 is 0 Å². The molecular formula is C9H18BrNS. The highest BCUT2D eigenvalue weighted by atomic mass is 79.9. The summed E-state index contributed by atoms with van der Waals surface area (Å²) in [6.07, 6.45) is 2.66. The first-order valence-corrected chi connectivity index (χ1v) is 7.00. The van der Waals surface area contributed by atoms with Crippen LogP contribution in [0.2, 0.25) is 0 Å². The molecule has 72 valence electrons. The Hall–Kier alpha value is 0.790. The van der Waals surface area contributed by atoms with E-state index in [0.29, 0.717) is 0 Å². The van der Waals surface area contributed by atoms with Gasteiger partial charge in [-0.15, -0.1) is 0 Å². The normalized spacial score (nSPS) is 26.0. The van der Waals surface area contributed by atoms with Gasteiger partial charge in [0.25, 0.3) is 0 Å². The maximum absolute atomic E-state index is 3.47. The van der Waals surface area contributed by atoms with Crippen molar-refractivity contribution < 1.29 is 0 Å². The predicted molar refractivity (Wildman–Crippen MR) is 61.4 cm³/mol. The topological polar surface area (TPSA) is 3.24 Å². The van der Waals surface area contributed by atoms with E-state index in [1.165, 1.54) is 37.4 Å². The third-order valence-electron chi connectivity index (χ3n) is 2.33. The summed E-state index contributed by atoms with van der Waals surface area (Å²) < 4.78 is 0. The van der Waals surface area contributed by atoms with Gasteiger partial charge in [0.15, 0.2) is 0 Å². The van der Waals surface area contributed by atoms with Gasteiger partial charge in [0.05, 0.1) is 0 Å². The molecule has 0 spiro atoms. The number of alkyl halides is 1. The van der Waals surface area contributed by atoms with Gasteiger partial charge in [0.2, 0.25) is 0 Å². The molecule has 0 amide bonds. The predicted octanol–water partition coefficient (Wildman–Crippen LogP) is 2.60. The molecule has 12 heavy (non-hydrogen) atoms. The summed E-state index contributed by atoms with van der Waals surface area (Å²) in [5, 5.41) is 1.16. The largest absolute Gasteiger partial charge is 0.299 e. The van der Waals surface area contributed by atoms with Crippen LogP contribution in [-0.2, 0) is 0 Å². The van der Waals surface area contributed by atoms with Gasteiger partial charge in [0.1, 0.15) is 0 Å². The molecule has 1 heterocycles. The van der Waals surface area contributed by atoms with Crippen LogP contribution in [0.1, 0.15) is 19.8 Å². The zero-order valence-electron chi connectivity index (χ0n) is 7.76. The standard InChI is InChI=1S/C9H18BrNS/c1-9-8-12-7-6-11(9)5-3-2-4-10/h9H,2-8H2,1H3. The van der Waals surface area contributed by atoms with Crippen LogP contribution in [0.5, 0.6) is 0 Å². The first-order chi connectivity index (χ1) is 5.84. The average molecular weight is 252 g/mol. The van der Waals surface area contributed by atoms with Crippen molar-refractivity contribution in [3.05, 3.63) is 0 Å². The zero-order chi connectivity index (χ0) is 8.81. The second-order valence-corrected chi connectivity index (χ2v) is 5.30. The molecule has 1 unspecified atom stereocenters. The minimum Gasteiger partial charge on any atom is -0.299 e. The Morgan fingerprint density at radius 1 is 1.50 bits per heavy atom. The van der Waals surface area contributed by atoms with E-state index in [2.05, 4.69) is 39.5 Å². The lowest BCUT2D eigenvalue weighted by atomic mass is 10.2. The van der Waals surface area contributed by atoms with Gasteiger partial charge in [-0.2, -0.15) is 11.8 Å². The molecule has 0 N–H and O–H groups in total. The highest BCUT2D eigenvalue weighted by molar-refractivity contribution is 9.09. The maximum atomic E-state index is 3.47. The van der Waals surface area contributed by atoms with E-state index in [0.717, 1.165) is 11.4 Å². The Morgan fingerprint density at radius 2 is 2.33 bits per heavy atom. The van der Waals surface area contributed by atoms with Gasteiger partial charge in [-0.05, 0) is 26.3 Å². The summed E-state index contributed by atoms with van der Waals surface area (Å²) in [6, 6.07) is 0.805. The molecule has 3 heteroatoms. The zero-order valence-corrected chi connectivity index (χ0v) is 10.2. The van der Waals surface area contributed by atoms with Crippen LogP contribution in [0.3, 0.4) is 0 Å². The second kappa shape index (κ2) is 6.28. The molecule has 0 radical (unpaired) electrons. The van der Waals surface area contributed by atoms with E-state index >= 15 is 0 Å². The number of nitrogens with zero attached hydrogens (tertiary/aromatic N) is 1. The molecule has 0 aromatic carbocycles. The lowest BCUT2D eigenvalue weighted by molar-refractivity contribution is 0.229. The Morgan fingerprint density at radius 3 is 3.00 bits per heavy atom. The van der Waals surface area contributed by atoms with Gasteiger partial charge in [-0.25, -0.2) is 0 Å². The van der Waals surface area contributed by atoms with Crippen molar-refractivity contribution in [1.82, 2.24) is 4.90 Å². The van der Waals surface area contributed by atoms with Gasteiger partial charge in [-0.3, -0.25) is 4.90 Å². The fourth-order valence-corrected chi connectivity index (χ4v) is 2.98.